The third-order valence-corrected chi connectivity index (χ3v) is 7.67. The van der Waals surface area contributed by atoms with Crippen LogP contribution >= 0.6 is 0 Å². The first kappa shape index (κ1) is 24.2. The van der Waals surface area contributed by atoms with E-state index in [1.807, 2.05) is 67.6 Å². The standard InChI is InChI=1S/C18H14O3S.C7H8O3S/c19-13-11-16(20)18(17(21)12-13)22(14-7-3-1-4-8-14)15-9-5-2-6-10-15;1-6-2-4-7(5-3-6)11(8,9)10/h1-12H,(H2-,19,20,21);2-5H,1H3,(H,8,9,10). The van der Waals surface area contributed by atoms with Crippen molar-refractivity contribution in [3.8, 4) is 17.2 Å². The fraction of sp³-hybridized carbons (Fsp3) is 0.0400. The van der Waals surface area contributed by atoms with Crippen molar-refractivity contribution in [3.05, 3.63) is 103 Å². The van der Waals surface area contributed by atoms with Gasteiger partial charge in [0.05, 0.1) is 4.90 Å². The minimum atomic E-state index is -4.27. The van der Waals surface area contributed by atoms with Gasteiger partial charge < -0.3 is 19.9 Å². The molecule has 0 aliphatic carbocycles. The molecule has 0 heterocycles. The quantitative estimate of drug-likeness (QED) is 0.284. The van der Waals surface area contributed by atoms with Crippen LogP contribution in [0.5, 0.6) is 17.2 Å². The maximum absolute atomic E-state index is 10.4. The van der Waals surface area contributed by atoms with Crippen molar-refractivity contribution in [2.24, 2.45) is 0 Å². The van der Waals surface area contributed by atoms with Crippen molar-refractivity contribution in [1.82, 2.24) is 0 Å². The maximum atomic E-state index is 10.4. The first-order valence-electron chi connectivity index (χ1n) is 9.78. The molecule has 170 valence electrons. The molecule has 0 unspecified atom stereocenters. The van der Waals surface area contributed by atoms with Crippen molar-refractivity contribution < 1.29 is 28.3 Å². The zero-order valence-electron chi connectivity index (χ0n) is 17.6. The molecule has 0 fully saturated rings. The molecule has 4 rings (SSSR count). The topological polar surface area (TPSA) is 118 Å². The van der Waals surface area contributed by atoms with E-state index in [9.17, 15) is 28.3 Å². The van der Waals surface area contributed by atoms with Crippen LogP contribution in [0.25, 0.3) is 0 Å². The zero-order chi connectivity index (χ0) is 24.0. The lowest BCUT2D eigenvalue weighted by Crippen LogP contribution is -2.05. The summed E-state index contributed by atoms with van der Waals surface area (Å²) in [7, 11) is -4.93. The number of aromatic hydroxyl groups is 3. The minimum absolute atomic E-state index is 0.117. The number of phenolic OH excluding ortho intramolecular Hbond substituents is 3. The smallest absolute Gasteiger partial charge is 0.249 e. The highest BCUT2D eigenvalue weighted by molar-refractivity contribution is 7.97. The molecule has 0 saturated carbocycles. The SMILES string of the molecule is Cc1ccc(S(=O)(=O)[O-])cc1.Oc1cc(O)c([S+](c2ccccc2)c2ccccc2)c(O)c1. The van der Waals surface area contributed by atoms with E-state index in [1.54, 1.807) is 12.1 Å². The highest BCUT2D eigenvalue weighted by atomic mass is 32.2. The summed E-state index contributed by atoms with van der Waals surface area (Å²) in [6.45, 7) is 1.82. The van der Waals surface area contributed by atoms with E-state index in [0.29, 0.717) is 4.90 Å². The van der Waals surface area contributed by atoms with Gasteiger partial charge in [-0.2, -0.15) is 0 Å². The molecule has 0 radical (unpaired) electrons. The van der Waals surface area contributed by atoms with E-state index in [0.717, 1.165) is 15.4 Å². The van der Waals surface area contributed by atoms with Crippen molar-refractivity contribution >= 4 is 21.0 Å². The first-order valence-corrected chi connectivity index (χ1v) is 12.4. The van der Waals surface area contributed by atoms with E-state index in [-0.39, 0.29) is 22.1 Å². The van der Waals surface area contributed by atoms with Gasteiger partial charge >= 0.3 is 0 Å². The lowest BCUT2D eigenvalue weighted by molar-refractivity contribution is 0.410. The van der Waals surface area contributed by atoms with Crippen molar-refractivity contribution in [2.45, 2.75) is 26.5 Å². The normalized spacial score (nSPS) is 11.0. The molecule has 0 amide bonds. The van der Waals surface area contributed by atoms with E-state index in [4.69, 9.17) is 0 Å². The van der Waals surface area contributed by atoms with Crippen LogP contribution in [0.15, 0.2) is 117 Å². The van der Waals surface area contributed by atoms with Crippen molar-refractivity contribution in [1.29, 1.82) is 0 Å². The molecule has 4 aromatic carbocycles. The Labute approximate surface area is 195 Å². The molecule has 8 heteroatoms. The van der Waals surface area contributed by atoms with Crippen LogP contribution in [0.3, 0.4) is 0 Å². The maximum Gasteiger partial charge on any atom is 0.249 e. The lowest BCUT2D eigenvalue weighted by Gasteiger charge is -2.11. The molecule has 6 nitrogen and oxygen atoms in total. The van der Waals surface area contributed by atoms with Crippen molar-refractivity contribution in [2.75, 3.05) is 0 Å². The number of hydrogen-bond donors (Lipinski definition) is 3. The number of hydrogen-bond acceptors (Lipinski definition) is 6. The van der Waals surface area contributed by atoms with Crippen LogP contribution in [0, 0.1) is 6.92 Å². The fourth-order valence-electron chi connectivity index (χ4n) is 2.98. The molecular formula is C25H22O6S2. The van der Waals surface area contributed by atoms with Crippen LogP contribution in [0.1, 0.15) is 5.56 Å². The van der Waals surface area contributed by atoms with E-state index < -0.39 is 21.0 Å². The fourth-order valence-corrected chi connectivity index (χ4v) is 5.59. The molecule has 0 bridgehead atoms. The Morgan fingerprint density at radius 1 is 0.697 bits per heavy atom. The summed E-state index contributed by atoms with van der Waals surface area (Å²) in [4.78, 5) is 2.19. The van der Waals surface area contributed by atoms with Gasteiger partial charge in [-0.3, -0.25) is 0 Å². The van der Waals surface area contributed by atoms with Crippen molar-refractivity contribution in [3.63, 3.8) is 0 Å². The average Bonchev–Trinajstić information content (AvgIpc) is 2.77. The third kappa shape index (κ3) is 6.29. The summed E-state index contributed by atoms with van der Waals surface area (Å²) in [6.07, 6.45) is 0. The largest absolute Gasteiger partial charge is 0.744 e. The van der Waals surface area contributed by atoms with Crippen LogP contribution < -0.4 is 0 Å². The van der Waals surface area contributed by atoms with Gasteiger partial charge in [-0.05, 0) is 43.3 Å². The van der Waals surface area contributed by atoms with Gasteiger partial charge in [0.2, 0.25) is 4.90 Å². The van der Waals surface area contributed by atoms with E-state index in [2.05, 4.69) is 0 Å². The number of aryl methyl sites for hydroxylation is 1. The summed E-state index contributed by atoms with van der Waals surface area (Å²) in [5.41, 5.74) is 0.928. The molecule has 0 aromatic heterocycles. The summed E-state index contributed by atoms with van der Waals surface area (Å²) in [5.74, 6) is -0.398. The number of benzene rings is 4. The Balaban J connectivity index is 0.000000235. The predicted molar refractivity (Wildman–Crippen MR) is 126 cm³/mol. The van der Waals surface area contributed by atoms with Gasteiger partial charge in [-0.25, -0.2) is 8.42 Å². The van der Waals surface area contributed by atoms with Crippen LogP contribution in [-0.2, 0) is 21.0 Å². The monoisotopic (exact) mass is 482 g/mol. The Kier molecular flexibility index (Phi) is 7.65. The van der Waals surface area contributed by atoms with Gasteiger partial charge in [0.1, 0.15) is 26.8 Å². The second-order valence-electron chi connectivity index (χ2n) is 7.01. The Morgan fingerprint density at radius 2 is 1.12 bits per heavy atom. The van der Waals surface area contributed by atoms with Crippen LogP contribution in [0.4, 0.5) is 0 Å². The molecule has 33 heavy (non-hydrogen) atoms. The third-order valence-electron chi connectivity index (χ3n) is 4.51. The van der Waals surface area contributed by atoms with Gasteiger partial charge in [-0.1, -0.05) is 54.1 Å². The Bertz CT molecular complexity index is 1240. The lowest BCUT2D eigenvalue weighted by atomic mass is 10.2. The molecule has 0 saturated heterocycles. The van der Waals surface area contributed by atoms with Gasteiger partial charge in [0.25, 0.3) is 0 Å². The summed E-state index contributed by atoms with van der Waals surface area (Å²) in [6, 6.07) is 27.7. The minimum Gasteiger partial charge on any atom is -0.744 e. The Morgan fingerprint density at radius 3 is 1.52 bits per heavy atom. The molecule has 0 aliphatic heterocycles. The molecular weight excluding hydrogens is 460 g/mol. The molecule has 0 spiro atoms. The molecule has 0 atom stereocenters. The van der Waals surface area contributed by atoms with Gasteiger partial charge in [-0.15, -0.1) is 0 Å². The Hall–Kier alpha value is -3.46. The van der Waals surface area contributed by atoms with Crippen LogP contribution in [0.2, 0.25) is 0 Å². The highest BCUT2D eigenvalue weighted by Crippen LogP contribution is 2.43. The number of phenols is 3. The summed E-state index contributed by atoms with van der Waals surface area (Å²) in [5, 5.41) is 30.0. The number of rotatable bonds is 4. The second kappa shape index (κ2) is 10.4. The summed E-state index contributed by atoms with van der Waals surface area (Å²) < 4.78 is 31.2. The first-order chi connectivity index (χ1) is 15.7. The van der Waals surface area contributed by atoms with E-state index >= 15 is 0 Å². The molecule has 3 N–H and O–H groups in total. The highest BCUT2D eigenvalue weighted by Gasteiger charge is 2.35. The zero-order valence-corrected chi connectivity index (χ0v) is 19.3. The van der Waals surface area contributed by atoms with Crippen LogP contribution in [-0.4, -0.2) is 28.3 Å². The molecule has 4 aromatic rings. The van der Waals surface area contributed by atoms with Gasteiger partial charge in [0, 0.05) is 12.1 Å². The van der Waals surface area contributed by atoms with Gasteiger partial charge in [0.15, 0.2) is 21.3 Å². The predicted octanol–water partition coefficient (Wildman–Crippen LogP) is 4.80. The summed E-state index contributed by atoms with van der Waals surface area (Å²) >= 11 is 0. The van der Waals surface area contributed by atoms with E-state index in [1.165, 1.54) is 24.3 Å². The average molecular weight is 483 g/mol. The second-order valence-corrected chi connectivity index (χ2v) is 10.4. The molecule has 0 aliphatic rings.